The SMILES string of the molecule is COc1ccc(C=C2SC(=S)N(CNc3ccccc3C)C2=O)cc1. The molecule has 0 aromatic heterocycles. The van der Waals surface area contributed by atoms with Crippen molar-refractivity contribution >= 4 is 46.0 Å². The van der Waals surface area contributed by atoms with Crippen molar-refractivity contribution in [3.8, 4) is 5.75 Å². The van der Waals surface area contributed by atoms with Crippen LogP contribution in [0.25, 0.3) is 6.08 Å². The van der Waals surface area contributed by atoms with Gasteiger partial charge < -0.3 is 10.1 Å². The summed E-state index contributed by atoms with van der Waals surface area (Å²) >= 11 is 6.69. The molecular weight excluding hydrogens is 352 g/mol. The van der Waals surface area contributed by atoms with Crippen molar-refractivity contribution < 1.29 is 9.53 Å². The van der Waals surface area contributed by atoms with Crippen LogP contribution in [-0.4, -0.2) is 28.9 Å². The maximum absolute atomic E-state index is 12.6. The zero-order chi connectivity index (χ0) is 17.8. The van der Waals surface area contributed by atoms with Gasteiger partial charge in [0.25, 0.3) is 5.91 Å². The van der Waals surface area contributed by atoms with Gasteiger partial charge in [0.2, 0.25) is 0 Å². The number of hydrogen-bond donors (Lipinski definition) is 1. The lowest BCUT2D eigenvalue weighted by molar-refractivity contribution is -0.121. The van der Waals surface area contributed by atoms with Gasteiger partial charge in [0.05, 0.1) is 18.7 Å². The van der Waals surface area contributed by atoms with E-state index in [0.29, 0.717) is 15.9 Å². The fraction of sp³-hybridized carbons (Fsp3) is 0.158. The number of methoxy groups -OCH3 is 1. The van der Waals surface area contributed by atoms with E-state index in [1.54, 1.807) is 12.0 Å². The molecule has 1 heterocycles. The van der Waals surface area contributed by atoms with Crippen LogP contribution in [0.1, 0.15) is 11.1 Å². The molecule has 0 atom stereocenters. The minimum absolute atomic E-state index is 0.0769. The summed E-state index contributed by atoms with van der Waals surface area (Å²) in [5, 5.41) is 3.28. The number of carbonyl (C=O) groups excluding carboxylic acids is 1. The number of thioether (sulfide) groups is 1. The van der Waals surface area contributed by atoms with Crippen LogP contribution >= 0.6 is 24.0 Å². The molecule has 1 fully saturated rings. The Kier molecular flexibility index (Phi) is 5.40. The zero-order valence-electron chi connectivity index (χ0n) is 14.0. The Hall–Kier alpha value is -2.31. The maximum atomic E-state index is 12.6. The monoisotopic (exact) mass is 370 g/mol. The van der Waals surface area contributed by atoms with Crippen LogP contribution in [0.5, 0.6) is 5.75 Å². The average Bonchev–Trinajstić information content (AvgIpc) is 2.88. The van der Waals surface area contributed by atoms with Gasteiger partial charge in [0.1, 0.15) is 10.1 Å². The van der Waals surface area contributed by atoms with Crippen LogP contribution in [-0.2, 0) is 4.79 Å². The van der Waals surface area contributed by atoms with Crippen molar-refractivity contribution in [3.63, 3.8) is 0 Å². The molecule has 25 heavy (non-hydrogen) atoms. The molecule has 2 aromatic carbocycles. The zero-order valence-corrected chi connectivity index (χ0v) is 15.6. The highest BCUT2D eigenvalue weighted by molar-refractivity contribution is 8.26. The highest BCUT2D eigenvalue weighted by Gasteiger charge is 2.31. The molecule has 0 saturated carbocycles. The summed E-state index contributed by atoms with van der Waals surface area (Å²) in [6.07, 6.45) is 1.85. The highest BCUT2D eigenvalue weighted by atomic mass is 32.2. The first-order valence-corrected chi connectivity index (χ1v) is 9.00. The molecule has 1 saturated heterocycles. The maximum Gasteiger partial charge on any atom is 0.267 e. The number of thiocarbonyl (C=S) groups is 1. The van der Waals surface area contributed by atoms with Gasteiger partial charge in [-0.25, -0.2) is 0 Å². The van der Waals surface area contributed by atoms with Gasteiger partial charge in [0, 0.05) is 5.69 Å². The van der Waals surface area contributed by atoms with Crippen LogP contribution in [0.15, 0.2) is 53.4 Å². The summed E-state index contributed by atoms with van der Waals surface area (Å²) in [6.45, 7) is 2.38. The predicted molar refractivity (Wildman–Crippen MR) is 108 cm³/mol. The van der Waals surface area contributed by atoms with E-state index in [0.717, 1.165) is 22.6 Å². The Morgan fingerprint density at radius 2 is 1.92 bits per heavy atom. The van der Waals surface area contributed by atoms with E-state index in [1.807, 2.05) is 61.5 Å². The van der Waals surface area contributed by atoms with Crippen LogP contribution in [0.3, 0.4) is 0 Å². The van der Waals surface area contributed by atoms with Crippen molar-refractivity contribution in [2.45, 2.75) is 6.92 Å². The average molecular weight is 370 g/mol. The predicted octanol–water partition coefficient (Wildman–Crippen LogP) is 4.27. The third-order valence-electron chi connectivity index (χ3n) is 3.86. The molecule has 0 spiro atoms. The molecule has 3 rings (SSSR count). The number of nitrogens with one attached hydrogen (secondary N) is 1. The molecule has 1 N–H and O–H groups in total. The van der Waals surface area contributed by atoms with E-state index in [2.05, 4.69) is 5.32 Å². The number of anilines is 1. The Morgan fingerprint density at radius 1 is 1.20 bits per heavy atom. The van der Waals surface area contributed by atoms with Crippen LogP contribution < -0.4 is 10.1 Å². The second-order valence-electron chi connectivity index (χ2n) is 5.53. The lowest BCUT2D eigenvalue weighted by Crippen LogP contribution is -2.33. The highest BCUT2D eigenvalue weighted by Crippen LogP contribution is 2.32. The summed E-state index contributed by atoms with van der Waals surface area (Å²) in [4.78, 5) is 14.8. The first kappa shape index (κ1) is 17.5. The molecule has 6 heteroatoms. The third kappa shape index (κ3) is 4.03. The molecule has 0 aliphatic carbocycles. The lowest BCUT2D eigenvalue weighted by atomic mass is 10.2. The largest absolute Gasteiger partial charge is 0.497 e. The minimum atomic E-state index is -0.0769. The number of ether oxygens (including phenoxy) is 1. The summed E-state index contributed by atoms with van der Waals surface area (Å²) in [5.74, 6) is 0.707. The van der Waals surface area contributed by atoms with Gasteiger partial charge in [-0.15, -0.1) is 0 Å². The summed E-state index contributed by atoms with van der Waals surface area (Å²) < 4.78 is 5.71. The summed E-state index contributed by atoms with van der Waals surface area (Å²) in [7, 11) is 1.63. The molecule has 128 valence electrons. The van der Waals surface area contributed by atoms with Gasteiger partial charge in [-0.3, -0.25) is 9.69 Å². The number of benzene rings is 2. The Balaban J connectivity index is 1.71. The van der Waals surface area contributed by atoms with Gasteiger partial charge in [-0.1, -0.05) is 54.3 Å². The van der Waals surface area contributed by atoms with Gasteiger partial charge in [-0.05, 0) is 42.3 Å². The Labute approximate surface area is 156 Å². The van der Waals surface area contributed by atoms with Crippen LogP contribution in [0.2, 0.25) is 0 Å². The fourth-order valence-electron chi connectivity index (χ4n) is 2.42. The minimum Gasteiger partial charge on any atom is -0.497 e. The molecule has 2 aromatic rings. The standard InChI is InChI=1S/C19H18N2O2S2/c1-13-5-3-4-6-16(13)20-12-21-18(22)17(25-19(21)24)11-14-7-9-15(23-2)10-8-14/h3-11,20H,12H2,1-2H3. The van der Waals surface area contributed by atoms with E-state index in [1.165, 1.54) is 11.8 Å². The molecule has 0 bridgehead atoms. The topological polar surface area (TPSA) is 41.6 Å². The van der Waals surface area contributed by atoms with E-state index >= 15 is 0 Å². The van der Waals surface area contributed by atoms with E-state index < -0.39 is 0 Å². The number of carbonyl (C=O) groups is 1. The van der Waals surface area contributed by atoms with Crippen LogP contribution in [0, 0.1) is 6.92 Å². The first-order valence-electron chi connectivity index (χ1n) is 7.77. The smallest absolute Gasteiger partial charge is 0.267 e. The van der Waals surface area contributed by atoms with Crippen molar-refractivity contribution in [2.24, 2.45) is 0 Å². The molecular formula is C19H18N2O2S2. The molecule has 0 unspecified atom stereocenters. The van der Waals surface area contributed by atoms with Crippen molar-refractivity contribution in [3.05, 3.63) is 64.6 Å². The van der Waals surface area contributed by atoms with Crippen molar-refractivity contribution in [1.82, 2.24) is 4.90 Å². The Bertz CT molecular complexity index is 832. The molecule has 0 radical (unpaired) electrons. The number of hydrogen-bond acceptors (Lipinski definition) is 5. The Morgan fingerprint density at radius 3 is 2.60 bits per heavy atom. The van der Waals surface area contributed by atoms with Gasteiger partial charge in [-0.2, -0.15) is 0 Å². The van der Waals surface area contributed by atoms with Gasteiger partial charge >= 0.3 is 0 Å². The molecule has 1 aliphatic heterocycles. The number of nitrogens with zero attached hydrogens (tertiary/aromatic N) is 1. The lowest BCUT2D eigenvalue weighted by Gasteiger charge is -2.17. The molecule has 1 aliphatic rings. The van der Waals surface area contributed by atoms with E-state index in [-0.39, 0.29) is 5.91 Å². The van der Waals surface area contributed by atoms with Crippen molar-refractivity contribution in [1.29, 1.82) is 0 Å². The van der Waals surface area contributed by atoms with Crippen LogP contribution in [0.4, 0.5) is 5.69 Å². The number of para-hydroxylation sites is 1. The van der Waals surface area contributed by atoms with E-state index in [4.69, 9.17) is 17.0 Å². The third-order valence-corrected chi connectivity index (χ3v) is 5.24. The van der Waals surface area contributed by atoms with Crippen molar-refractivity contribution in [2.75, 3.05) is 19.1 Å². The number of aryl methyl sites for hydroxylation is 1. The summed E-state index contributed by atoms with van der Waals surface area (Å²) in [5.41, 5.74) is 3.06. The van der Waals surface area contributed by atoms with E-state index in [9.17, 15) is 4.79 Å². The molecule has 4 nitrogen and oxygen atoms in total. The normalized spacial score (nSPS) is 15.8. The first-order chi connectivity index (χ1) is 12.1. The summed E-state index contributed by atoms with van der Waals surface area (Å²) in [6, 6.07) is 15.5. The second-order valence-corrected chi connectivity index (χ2v) is 7.21. The molecule has 1 amide bonds. The number of rotatable bonds is 5. The second kappa shape index (κ2) is 7.72. The van der Waals surface area contributed by atoms with Gasteiger partial charge in [0.15, 0.2) is 0 Å². The number of amides is 1. The quantitative estimate of drug-likeness (QED) is 0.629. The fourth-order valence-corrected chi connectivity index (χ4v) is 3.68.